The van der Waals surface area contributed by atoms with Crippen molar-refractivity contribution < 1.29 is 9.53 Å². The van der Waals surface area contributed by atoms with Crippen molar-refractivity contribution in [2.75, 3.05) is 33.4 Å². The molecular weight excluding hydrogens is 421 g/mol. The fourth-order valence-electron chi connectivity index (χ4n) is 2.71. The molecule has 3 aromatic rings. The van der Waals surface area contributed by atoms with Crippen molar-refractivity contribution in [3.8, 4) is 10.7 Å². The van der Waals surface area contributed by atoms with Crippen molar-refractivity contribution in [3.63, 3.8) is 0 Å². The molecule has 154 valence electrons. The number of aryl methyl sites for hydroxylation is 1. The van der Waals surface area contributed by atoms with E-state index < -0.39 is 0 Å². The highest BCUT2D eigenvalue weighted by Gasteiger charge is 2.17. The number of nitrogens with zero attached hydrogens (tertiary/aromatic N) is 3. The Balaban J connectivity index is 0.00000196. The van der Waals surface area contributed by atoms with Crippen LogP contribution in [-0.4, -0.2) is 53.8 Å². The van der Waals surface area contributed by atoms with Crippen molar-refractivity contribution in [3.05, 3.63) is 35.5 Å². The number of benzene rings is 1. The SMILES string of the molecule is COCCNCCNC(=O)Cn1c(-c2scnc2C)nc2ccccc21.Cl.Cl. The lowest BCUT2D eigenvalue weighted by Gasteiger charge is -2.10. The van der Waals surface area contributed by atoms with Crippen LogP contribution in [-0.2, 0) is 16.1 Å². The molecule has 0 atom stereocenters. The number of aromatic nitrogens is 3. The number of imidazole rings is 1. The third-order valence-corrected chi connectivity index (χ3v) is 4.94. The molecule has 28 heavy (non-hydrogen) atoms. The second-order valence-corrected chi connectivity index (χ2v) is 6.72. The largest absolute Gasteiger partial charge is 0.383 e. The van der Waals surface area contributed by atoms with E-state index in [1.165, 1.54) is 0 Å². The Labute approximate surface area is 180 Å². The second-order valence-electron chi connectivity index (χ2n) is 5.87. The molecule has 0 fully saturated rings. The van der Waals surface area contributed by atoms with Crippen molar-refractivity contribution in [1.29, 1.82) is 0 Å². The van der Waals surface area contributed by atoms with E-state index in [4.69, 9.17) is 9.72 Å². The molecule has 0 saturated carbocycles. The Morgan fingerprint density at radius 3 is 2.71 bits per heavy atom. The molecule has 0 spiro atoms. The summed E-state index contributed by atoms with van der Waals surface area (Å²) in [7, 11) is 1.67. The third-order valence-electron chi connectivity index (χ3n) is 4.01. The van der Waals surface area contributed by atoms with Gasteiger partial charge in [0.15, 0.2) is 5.82 Å². The Bertz CT molecular complexity index is 884. The van der Waals surface area contributed by atoms with E-state index in [-0.39, 0.29) is 37.3 Å². The normalized spacial score (nSPS) is 10.4. The fraction of sp³-hybridized carbons (Fsp3) is 0.389. The minimum Gasteiger partial charge on any atom is -0.383 e. The van der Waals surface area contributed by atoms with Gasteiger partial charge in [0.2, 0.25) is 5.91 Å². The Morgan fingerprint density at radius 1 is 1.21 bits per heavy atom. The van der Waals surface area contributed by atoms with E-state index in [2.05, 4.69) is 15.6 Å². The molecule has 0 saturated heterocycles. The maximum Gasteiger partial charge on any atom is 0.240 e. The lowest BCUT2D eigenvalue weighted by molar-refractivity contribution is -0.121. The molecule has 0 bridgehead atoms. The van der Waals surface area contributed by atoms with Crippen LogP contribution >= 0.6 is 36.2 Å². The summed E-state index contributed by atoms with van der Waals surface area (Å²) >= 11 is 1.54. The summed E-state index contributed by atoms with van der Waals surface area (Å²) in [6.45, 7) is 4.90. The van der Waals surface area contributed by atoms with Crippen molar-refractivity contribution in [1.82, 2.24) is 25.2 Å². The van der Waals surface area contributed by atoms with E-state index in [0.29, 0.717) is 19.7 Å². The standard InChI is InChI=1S/C18H23N5O2S.2ClH/c1-13-17(26-12-21-13)18-22-14-5-3-4-6-15(14)23(18)11-16(24)20-8-7-19-9-10-25-2;;/h3-6,12,19H,7-11H2,1-2H3,(H,20,24);2*1H. The maximum absolute atomic E-state index is 12.4. The van der Waals surface area contributed by atoms with Crippen LogP contribution in [0.2, 0.25) is 0 Å². The van der Waals surface area contributed by atoms with E-state index in [0.717, 1.165) is 34.0 Å². The molecule has 10 heteroatoms. The number of nitrogens with one attached hydrogen (secondary N) is 2. The number of rotatable bonds is 9. The highest BCUT2D eigenvalue weighted by molar-refractivity contribution is 7.13. The van der Waals surface area contributed by atoms with Crippen LogP contribution in [0.5, 0.6) is 0 Å². The van der Waals surface area contributed by atoms with Crippen LogP contribution in [0.3, 0.4) is 0 Å². The van der Waals surface area contributed by atoms with Gasteiger partial charge in [0.25, 0.3) is 0 Å². The van der Waals surface area contributed by atoms with E-state index in [1.54, 1.807) is 24.0 Å². The second kappa shape index (κ2) is 12.0. The molecule has 2 aromatic heterocycles. The number of thiazole rings is 1. The molecule has 3 rings (SSSR count). The van der Waals surface area contributed by atoms with Crippen LogP contribution < -0.4 is 10.6 Å². The lowest BCUT2D eigenvalue weighted by Crippen LogP contribution is -2.35. The van der Waals surface area contributed by atoms with Gasteiger partial charge < -0.3 is 19.9 Å². The van der Waals surface area contributed by atoms with Crippen LogP contribution in [0.4, 0.5) is 0 Å². The predicted molar refractivity (Wildman–Crippen MR) is 118 cm³/mol. The van der Waals surface area contributed by atoms with E-state index >= 15 is 0 Å². The highest BCUT2D eigenvalue weighted by atomic mass is 35.5. The van der Waals surface area contributed by atoms with Gasteiger partial charge in [-0.3, -0.25) is 4.79 Å². The summed E-state index contributed by atoms with van der Waals surface area (Å²) in [5, 5.41) is 6.15. The lowest BCUT2D eigenvalue weighted by atomic mass is 10.3. The number of amides is 1. The van der Waals surface area contributed by atoms with Gasteiger partial charge in [-0.25, -0.2) is 9.97 Å². The fourth-order valence-corrected chi connectivity index (χ4v) is 3.52. The van der Waals surface area contributed by atoms with Crippen LogP contribution in [0.25, 0.3) is 21.7 Å². The molecule has 0 unspecified atom stereocenters. The monoisotopic (exact) mass is 445 g/mol. The van der Waals surface area contributed by atoms with Gasteiger partial charge in [-0.15, -0.1) is 36.2 Å². The van der Waals surface area contributed by atoms with Crippen molar-refractivity contribution in [2.45, 2.75) is 13.5 Å². The molecule has 0 aliphatic carbocycles. The first-order chi connectivity index (χ1) is 12.7. The number of carbonyl (C=O) groups is 1. The number of fused-ring (bicyclic) bond motifs is 1. The minimum absolute atomic E-state index is 0. The molecule has 0 aliphatic rings. The summed E-state index contributed by atoms with van der Waals surface area (Å²) in [5.41, 5.74) is 4.56. The van der Waals surface area contributed by atoms with Gasteiger partial charge >= 0.3 is 0 Å². The summed E-state index contributed by atoms with van der Waals surface area (Å²) in [6, 6.07) is 7.86. The average Bonchev–Trinajstić information content (AvgIpc) is 3.21. The van der Waals surface area contributed by atoms with Crippen molar-refractivity contribution >= 4 is 53.1 Å². The first-order valence-electron chi connectivity index (χ1n) is 8.52. The summed E-state index contributed by atoms with van der Waals surface area (Å²) in [6.07, 6.45) is 0. The number of para-hydroxylation sites is 2. The average molecular weight is 446 g/mol. The predicted octanol–water partition coefficient (Wildman–Crippen LogP) is 2.66. The Kier molecular flexibility index (Phi) is 10.4. The molecule has 0 aliphatic heterocycles. The summed E-state index contributed by atoms with van der Waals surface area (Å²) in [4.78, 5) is 22.5. The molecule has 7 nitrogen and oxygen atoms in total. The first-order valence-corrected chi connectivity index (χ1v) is 9.40. The first kappa shape index (κ1) is 24.3. The van der Waals surface area contributed by atoms with E-state index in [1.807, 2.05) is 35.8 Å². The number of halogens is 2. The number of methoxy groups -OCH3 is 1. The van der Waals surface area contributed by atoms with Crippen LogP contribution in [0, 0.1) is 6.92 Å². The molecule has 0 radical (unpaired) electrons. The molecule has 2 heterocycles. The number of carbonyl (C=O) groups excluding carboxylic acids is 1. The minimum atomic E-state index is -0.0369. The number of hydrogen-bond donors (Lipinski definition) is 2. The molecular formula is C18H25Cl2N5O2S. The van der Waals surface area contributed by atoms with Gasteiger partial charge in [0.1, 0.15) is 6.54 Å². The van der Waals surface area contributed by atoms with Gasteiger partial charge in [0, 0.05) is 26.7 Å². The Hall–Kier alpha value is -1.71. The van der Waals surface area contributed by atoms with Gasteiger partial charge in [-0.1, -0.05) is 12.1 Å². The third kappa shape index (κ3) is 5.89. The zero-order valence-electron chi connectivity index (χ0n) is 15.8. The maximum atomic E-state index is 12.4. The molecule has 1 amide bonds. The van der Waals surface area contributed by atoms with Crippen LogP contribution in [0.1, 0.15) is 5.69 Å². The number of ether oxygens (including phenoxy) is 1. The van der Waals surface area contributed by atoms with Gasteiger partial charge in [-0.05, 0) is 19.1 Å². The Morgan fingerprint density at radius 2 is 2.00 bits per heavy atom. The van der Waals surface area contributed by atoms with E-state index in [9.17, 15) is 4.79 Å². The summed E-state index contributed by atoms with van der Waals surface area (Å²) in [5.74, 6) is 0.754. The van der Waals surface area contributed by atoms with Gasteiger partial charge in [0.05, 0.1) is 33.7 Å². The summed E-state index contributed by atoms with van der Waals surface area (Å²) < 4.78 is 6.94. The highest BCUT2D eigenvalue weighted by Crippen LogP contribution is 2.29. The zero-order valence-corrected chi connectivity index (χ0v) is 18.3. The molecule has 1 aromatic carbocycles. The van der Waals surface area contributed by atoms with Crippen LogP contribution in [0.15, 0.2) is 29.8 Å². The molecule has 2 N–H and O–H groups in total. The number of hydrogen-bond acceptors (Lipinski definition) is 6. The topological polar surface area (TPSA) is 81.1 Å². The van der Waals surface area contributed by atoms with Gasteiger partial charge in [-0.2, -0.15) is 0 Å². The quantitative estimate of drug-likeness (QED) is 0.494. The smallest absolute Gasteiger partial charge is 0.240 e. The zero-order chi connectivity index (χ0) is 18.4. The van der Waals surface area contributed by atoms with Crippen molar-refractivity contribution in [2.24, 2.45) is 0 Å².